The lowest BCUT2D eigenvalue weighted by Crippen LogP contribution is -1.98. The van der Waals surface area contributed by atoms with Gasteiger partial charge in [-0.2, -0.15) is 5.10 Å². The molecular formula is C18H18N4O3. The highest BCUT2D eigenvalue weighted by Crippen LogP contribution is 2.26. The van der Waals surface area contributed by atoms with E-state index in [4.69, 9.17) is 4.52 Å². The first-order chi connectivity index (χ1) is 11.9. The van der Waals surface area contributed by atoms with E-state index in [1.807, 2.05) is 49.7 Å². The van der Waals surface area contributed by atoms with E-state index in [0.29, 0.717) is 0 Å². The molecule has 3 rings (SSSR count). The molecule has 0 saturated heterocycles. The van der Waals surface area contributed by atoms with Crippen molar-refractivity contribution in [2.75, 3.05) is 0 Å². The Hall–Kier alpha value is -3.22. The summed E-state index contributed by atoms with van der Waals surface area (Å²) in [5, 5.41) is 19.4. The molecule has 0 amide bonds. The monoisotopic (exact) mass is 338 g/mol. The van der Waals surface area contributed by atoms with Crippen LogP contribution >= 0.6 is 0 Å². The molecule has 0 N–H and O–H groups in total. The van der Waals surface area contributed by atoms with E-state index >= 15 is 0 Å². The molecule has 0 aliphatic rings. The van der Waals surface area contributed by atoms with Gasteiger partial charge in [0, 0.05) is 11.3 Å². The molecule has 0 radical (unpaired) electrons. The van der Waals surface area contributed by atoms with Gasteiger partial charge in [0.15, 0.2) is 5.69 Å². The number of hydrogen-bond acceptors (Lipinski definition) is 5. The number of nitro groups is 1. The number of rotatable bonds is 4. The molecule has 0 spiro atoms. The van der Waals surface area contributed by atoms with Gasteiger partial charge in [-0.3, -0.25) is 10.1 Å². The third-order valence-corrected chi connectivity index (χ3v) is 4.07. The van der Waals surface area contributed by atoms with Crippen LogP contribution in [0.1, 0.15) is 34.0 Å². The first-order valence-electron chi connectivity index (χ1n) is 7.80. The Labute approximate surface area is 144 Å². The zero-order valence-electron chi connectivity index (χ0n) is 14.5. The van der Waals surface area contributed by atoms with E-state index in [2.05, 4.69) is 10.3 Å². The van der Waals surface area contributed by atoms with Gasteiger partial charge in [0.05, 0.1) is 16.3 Å². The van der Waals surface area contributed by atoms with Crippen molar-refractivity contribution < 1.29 is 9.45 Å². The van der Waals surface area contributed by atoms with E-state index in [-0.39, 0.29) is 17.1 Å². The molecule has 0 fully saturated rings. The van der Waals surface area contributed by atoms with Crippen molar-refractivity contribution in [1.82, 2.24) is 14.9 Å². The molecule has 2 heterocycles. The van der Waals surface area contributed by atoms with Gasteiger partial charge < -0.3 is 4.52 Å². The normalized spacial score (nSPS) is 11.4. The average Bonchev–Trinajstić information content (AvgIpc) is 3.06. The van der Waals surface area contributed by atoms with Gasteiger partial charge in [-0.05, 0) is 52.0 Å². The maximum Gasteiger partial charge on any atom is 0.338 e. The van der Waals surface area contributed by atoms with Gasteiger partial charge in [0.25, 0.3) is 0 Å². The van der Waals surface area contributed by atoms with Gasteiger partial charge in [0.2, 0.25) is 5.76 Å². The lowest BCUT2D eigenvalue weighted by molar-refractivity contribution is -0.386. The molecule has 128 valence electrons. The zero-order valence-corrected chi connectivity index (χ0v) is 14.5. The molecule has 7 heteroatoms. The number of nitrogens with zero attached hydrogens (tertiary/aromatic N) is 4. The minimum atomic E-state index is -0.485. The predicted octanol–water partition coefficient (Wildman–Crippen LogP) is 4.17. The van der Waals surface area contributed by atoms with E-state index in [9.17, 15) is 10.1 Å². The highest BCUT2D eigenvalue weighted by atomic mass is 16.6. The molecule has 0 saturated carbocycles. The van der Waals surface area contributed by atoms with Gasteiger partial charge in [-0.15, -0.1) is 0 Å². The Kier molecular flexibility index (Phi) is 4.22. The average molecular weight is 338 g/mol. The third-order valence-electron chi connectivity index (χ3n) is 4.07. The topological polar surface area (TPSA) is 87.0 Å². The van der Waals surface area contributed by atoms with E-state index < -0.39 is 4.92 Å². The summed E-state index contributed by atoms with van der Waals surface area (Å²) in [6.07, 6.45) is 3.34. The smallest absolute Gasteiger partial charge is 0.338 e. The summed E-state index contributed by atoms with van der Waals surface area (Å²) in [5.41, 5.74) is 4.95. The van der Waals surface area contributed by atoms with E-state index in [1.54, 1.807) is 19.1 Å². The summed E-state index contributed by atoms with van der Waals surface area (Å²) in [6, 6.07) is 8.07. The standard InChI is InChI=1S/C18H18N4O3/c1-11-5-7-15(8-6-11)21-14(4)16(12(2)19-21)9-10-17-18(22(23)24)13(3)20-25-17/h5-10H,1-4H3. The highest BCUT2D eigenvalue weighted by Gasteiger charge is 2.22. The van der Waals surface area contributed by atoms with Gasteiger partial charge in [0.1, 0.15) is 0 Å². The van der Waals surface area contributed by atoms with E-state index in [1.165, 1.54) is 5.56 Å². The fourth-order valence-electron chi connectivity index (χ4n) is 2.71. The maximum atomic E-state index is 11.1. The Morgan fingerprint density at radius 3 is 2.40 bits per heavy atom. The van der Waals surface area contributed by atoms with Gasteiger partial charge in [-0.25, -0.2) is 4.68 Å². The summed E-state index contributed by atoms with van der Waals surface area (Å²) < 4.78 is 6.91. The molecule has 3 aromatic rings. The van der Waals surface area contributed by atoms with Crippen LogP contribution in [0, 0.1) is 37.8 Å². The fraction of sp³-hybridized carbons (Fsp3) is 0.222. The predicted molar refractivity (Wildman–Crippen MR) is 94.6 cm³/mol. The fourth-order valence-corrected chi connectivity index (χ4v) is 2.71. The van der Waals surface area contributed by atoms with Crippen LogP contribution in [-0.4, -0.2) is 19.9 Å². The molecular weight excluding hydrogens is 320 g/mol. The van der Waals surface area contributed by atoms with Crippen molar-refractivity contribution in [2.24, 2.45) is 0 Å². The van der Waals surface area contributed by atoms with Gasteiger partial charge in [-0.1, -0.05) is 22.9 Å². The van der Waals surface area contributed by atoms with E-state index in [0.717, 1.165) is 22.6 Å². The largest absolute Gasteiger partial charge is 0.349 e. The summed E-state index contributed by atoms with van der Waals surface area (Å²) in [6.45, 7) is 7.44. The molecule has 0 aliphatic heterocycles. The minimum Gasteiger partial charge on any atom is -0.349 e. The summed E-state index contributed by atoms with van der Waals surface area (Å²) in [4.78, 5) is 10.6. The Bertz CT molecular complexity index is 965. The SMILES string of the molecule is Cc1ccc(-n2nc(C)c(C=Cc3onc(C)c3[N+](=O)[O-])c2C)cc1. The van der Waals surface area contributed by atoms with Crippen LogP contribution in [-0.2, 0) is 0 Å². The van der Waals surface area contributed by atoms with Crippen molar-refractivity contribution in [1.29, 1.82) is 0 Å². The zero-order chi connectivity index (χ0) is 18.1. The van der Waals surface area contributed by atoms with Crippen molar-refractivity contribution in [3.63, 3.8) is 0 Å². The van der Waals surface area contributed by atoms with Crippen LogP contribution in [0.5, 0.6) is 0 Å². The molecule has 1 aromatic carbocycles. The first kappa shape index (κ1) is 16.6. The molecule has 0 atom stereocenters. The molecule has 0 unspecified atom stereocenters. The minimum absolute atomic E-state index is 0.113. The lowest BCUT2D eigenvalue weighted by Gasteiger charge is -2.04. The number of hydrogen-bond donors (Lipinski definition) is 0. The third kappa shape index (κ3) is 3.08. The first-order valence-corrected chi connectivity index (χ1v) is 7.80. The second kappa shape index (κ2) is 6.35. The molecule has 25 heavy (non-hydrogen) atoms. The molecule has 2 aromatic heterocycles. The molecule has 0 bridgehead atoms. The Morgan fingerprint density at radius 1 is 1.08 bits per heavy atom. The van der Waals surface area contributed by atoms with Crippen LogP contribution in [0.25, 0.3) is 17.8 Å². The molecule has 7 nitrogen and oxygen atoms in total. The summed E-state index contributed by atoms with van der Waals surface area (Å²) in [7, 11) is 0. The van der Waals surface area contributed by atoms with Crippen molar-refractivity contribution in [3.05, 3.63) is 68.3 Å². The number of benzene rings is 1. The number of aromatic nitrogens is 3. The quantitative estimate of drug-likeness (QED) is 0.526. The van der Waals surface area contributed by atoms with Crippen LogP contribution in [0.3, 0.4) is 0 Å². The van der Waals surface area contributed by atoms with Crippen molar-refractivity contribution in [2.45, 2.75) is 27.7 Å². The Balaban J connectivity index is 1.99. The van der Waals surface area contributed by atoms with Crippen LogP contribution in [0.15, 0.2) is 28.8 Å². The highest BCUT2D eigenvalue weighted by molar-refractivity contribution is 5.73. The van der Waals surface area contributed by atoms with Crippen molar-refractivity contribution >= 4 is 17.8 Å². The summed E-state index contributed by atoms with van der Waals surface area (Å²) in [5.74, 6) is 0.129. The molecule has 0 aliphatic carbocycles. The second-order valence-corrected chi connectivity index (χ2v) is 5.90. The van der Waals surface area contributed by atoms with Crippen molar-refractivity contribution in [3.8, 4) is 5.69 Å². The number of aryl methyl sites for hydroxylation is 3. The van der Waals surface area contributed by atoms with Crippen LogP contribution in [0.2, 0.25) is 0 Å². The second-order valence-electron chi connectivity index (χ2n) is 5.90. The van der Waals surface area contributed by atoms with Crippen LogP contribution in [0.4, 0.5) is 5.69 Å². The summed E-state index contributed by atoms with van der Waals surface area (Å²) >= 11 is 0. The van der Waals surface area contributed by atoms with Gasteiger partial charge >= 0.3 is 5.69 Å². The Morgan fingerprint density at radius 2 is 1.76 bits per heavy atom. The van der Waals surface area contributed by atoms with Crippen LogP contribution < -0.4 is 0 Å². The lowest BCUT2D eigenvalue weighted by atomic mass is 10.1. The maximum absolute atomic E-state index is 11.1.